The Balaban J connectivity index is 1.81. The van der Waals surface area contributed by atoms with Crippen LogP contribution in [0.3, 0.4) is 0 Å². The van der Waals surface area contributed by atoms with Gasteiger partial charge in [0.15, 0.2) is 0 Å². The number of hydrogen-bond acceptors (Lipinski definition) is 3. The maximum Gasteiger partial charge on any atom is 0.0580 e. The Morgan fingerprint density at radius 3 is 2.69 bits per heavy atom. The minimum Gasteiger partial charge on any atom is -0.393 e. The molecule has 16 heavy (non-hydrogen) atoms. The average molecular weight is 245 g/mol. The first-order valence-electron chi connectivity index (χ1n) is 6.40. The summed E-state index contributed by atoms with van der Waals surface area (Å²) in [5, 5.41) is 9.98. The Labute approximate surface area is 101 Å². The van der Waals surface area contributed by atoms with Gasteiger partial charge in [-0.3, -0.25) is 4.21 Å². The van der Waals surface area contributed by atoms with Crippen molar-refractivity contribution < 1.29 is 9.32 Å². The molecule has 1 saturated heterocycles. The molecule has 0 radical (unpaired) electrons. The van der Waals surface area contributed by atoms with Crippen molar-refractivity contribution in [2.75, 3.05) is 31.1 Å². The number of rotatable bonds is 2. The Hall–Kier alpha value is 0.0700. The van der Waals surface area contributed by atoms with Crippen LogP contribution in [0.1, 0.15) is 26.2 Å². The predicted molar refractivity (Wildman–Crippen MR) is 66.8 cm³/mol. The van der Waals surface area contributed by atoms with Gasteiger partial charge in [0, 0.05) is 41.9 Å². The van der Waals surface area contributed by atoms with Crippen molar-refractivity contribution in [2.45, 2.75) is 32.3 Å². The summed E-state index contributed by atoms with van der Waals surface area (Å²) in [6.45, 7) is 5.18. The van der Waals surface area contributed by atoms with Gasteiger partial charge in [-0.2, -0.15) is 0 Å². The molecule has 94 valence electrons. The molecule has 1 N–H and O–H groups in total. The van der Waals surface area contributed by atoms with E-state index in [9.17, 15) is 9.32 Å². The monoisotopic (exact) mass is 245 g/mol. The van der Waals surface area contributed by atoms with Crippen molar-refractivity contribution >= 4 is 10.8 Å². The van der Waals surface area contributed by atoms with Crippen molar-refractivity contribution in [3.63, 3.8) is 0 Å². The van der Waals surface area contributed by atoms with Gasteiger partial charge in [0.05, 0.1) is 6.10 Å². The lowest BCUT2D eigenvalue weighted by Crippen LogP contribution is -2.44. The van der Waals surface area contributed by atoms with Crippen molar-refractivity contribution in [1.29, 1.82) is 0 Å². The third-order valence-corrected chi connectivity index (χ3v) is 5.24. The number of hydrogen-bond donors (Lipinski definition) is 1. The van der Waals surface area contributed by atoms with Crippen molar-refractivity contribution in [3.05, 3.63) is 0 Å². The second-order valence-electron chi connectivity index (χ2n) is 5.39. The molecule has 3 nitrogen and oxygen atoms in total. The topological polar surface area (TPSA) is 40.5 Å². The van der Waals surface area contributed by atoms with E-state index < -0.39 is 10.8 Å². The third kappa shape index (κ3) is 3.28. The van der Waals surface area contributed by atoms with Crippen molar-refractivity contribution in [2.24, 2.45) is 11.8 Å². The van der Waals surface area contributed by atoms with E-state index in [1.807, 2.05) is 0 Å². The Kier molecular flexibility index (Phi) is 4.39. The van der Waals surface area contributed by atoms with E-state index >= 15 is 0 Å². The molecule has 3 atom stereocenters. The van der Waals surface area contributed by atoms with Gasteiger partial charge < -0.3 is 10.0 Å². The molecule has 2 fully saturated rings. The van der Waals surface area contributed by atoms with Crippen molar-refractivity contribution in [1.82, 2.24) is 4.90 Å². The molecule has 4 heteroatoms. The largest absolute Gasteiger partial charge is 0.393 e. The lowest BCUT2D eigenvalue weighted by atomic mass is 9.80. The average Bonchev–Trinajstić information content (AvgIpc) is 2.27. The van der Waals surface area contributed by atoms with Crippen LogP contribution in [0.4, 0.5) is 0 Å². The first-order valence-corrected chi connectivity index (χ1v) is 7.89. The fourth-order valence-electron chi connectivity index (χ4n) is 2.87. The fraction of sp³-hybridized carbons (Fsp3) is 1.00. The van der Waals surface area contributed by atoms with E-state index in [2.05, 4.69) is 11.8 Å². The summed E-state index contributed by atoms with van der Waals surface area (Å²) >= 11 is 0. The molecular formula is C12H23NO2S. The molecule has 0 aromatic rings. The van der Waals surface area contributed by atoms with Crippen LogP contribution < -0.4 is 0 Å². The van der Waals surface area contributed by atoms with Crippen LogP contribution in [-0.4, -0.2) is 51.5 Å². The molecule has 2 rings (SSSR count). The van der Waals surface area contributed by atoms with Crippen LogP contribution in [0.5, 0.6) is 0 Å². The van der Waals surface area contributed by atoms with Crippen LogP contribution in [0.15, 0.2) is 0 Å². The third-order valence-electron chi connectivity index (χ3n) is 3.97. The maximum absolute atomic E-state index is 11.3. The highest BCUT2D eigenvalue weighted by Gasteiger charge is 2.29. The lowest BCUT2D eigenvalue weighted by molar-refractivity contribution is 0.0322. The highest BCUT2D eigenvalue weighted by atomic mass is 32.2. The van der Waals surface area contributed by atoms with Crippen LogP contribution in [-0.2, 0) is 10.8 Å². The van der Waals surface area contributed by atoms with Gasteiger partial charge >= 0.3 is 0 Å². The molecule has 1 saturated carbocycles. The van der Waals surface area contributed by atoms with E-state index in [0.29, 0.717) is 5.92 Å². The summed E-state index contributed by atoms with van der Waals surface area (Å²) in [6, 6.07) is 0. The van der Waals surface area contributed by atoms with E-state index in [1.54, 1.807) is 0 Å². The van der Waals surface area contributed by atoms with Crippen LogP contribution in [0.25, 0.3) is 0 Å². The lowest BCUT2D eigenvalue weighted by Gasteiger charge is -2.36. The van der Waals surface area contributed by atoms with Crippen LogP contribution >= 0.6 is 0 Å². The first-order chi connectivity index (χ1) is 7.65. The molecule has 1 heterocycles. The van der Waals surface area contributed by atoms with Gasteiger partial charge in [0.2, 0.25) is 0 Å². The second-order valence-corrected chi connectivity index (χ2v) is 7.09. The molecule has 0 amide bonds. The van der Waals surface area contributed by atoms with Crippen LogP contribution in [0, 0.1) is 11.8 Å². The second kappa shape index (κ2) is 5.61. The minimum atomic E-state index is -0.587. The van der Waals surface area contributed by atoms with Gasteiger partial charge in [-0.25, -0.2) is 0 Å². The smallest absolute Gasteiger partial charge is 0.0580 e. The quantitative estimate of drug-likeness (QED) is 0.784. The molecule has 2 aliphatic rings. The summed E-state index contributed by atoms with van der Waals surface area (Å²) in [6.07, 6.45) is 3.18. The summed E-state index contributed by atoms with van der Waals surface area (Å²) in [5.41, 5.74) is 0. The van der Waals surface area contributed by atoms with Crippen molar-refractivity contribution in [3.8, 4) is 0 Å². The van der Waals surface area contributed by atoms with E-state index in [1.165, 1.54) is 6.42 Å². The normalized spacial score (nSPS) is 38.8. The Morgan fingerprint density at radius 2 is 2.00 bits per heavy atom. The fourth-order valence-corrected chi connectivity index (χ4v) is 4.00. The Morgan fingerprint density at radius 1 is 1.31 bits per heavy atom. The molecule has 0 spiro atoms. The van der Waals surface area contributed by atoms with Gasteiger partial charge in [0.25, 0.3) is 0 Å². The van der Waals surface area contributed by atoms with E-state index in [0.717, 1.165) is 49.9 Å². The van der Waals surface area contributed by atoms with Gasteiger partial charge in [-0.15, -0.1) is 0 Å². The van der Waals surface area contributed by atoms with Gasteiger partial charge in [-0.05, 0) is 31.1 Å². The molecule has 0 bridgehead atoms. The summed E-state index contributed by atoms with van der Waals surface area (Å²) in [5.74, 6) is 2.83. The molecule has 1 aliphatic carbocycles. The summed E-state index contributed by atoms with van der Waals surface area (Å²) in [4.78, 5) is 2.38. The number of nitrogens with zero attached hydrogens (tertiary/aromatic N) is 1. The van der Waals surface area contributed by atoms with E-state index in [-0.39, 0.29) is 6.10 Å². The van der Waals surface area contributed by atoms with Crippen LogP contribution in [0.2, 0.25) is 0 Å². The highest BCUT2D eigenvalue weighted by Crippen LogP contribution is 2.29. The zero-order valence-electron chi connectivity index (χ0n) is 10.1. The standard InChI is InChI=1S/C12H23NO2S/c1-10-2-3-12(14)11(8-10)9-13-4-6-16(15)7-5-13/h10-12,14H,2-9H2,1H3. The van der Waals surface area contributed by atoms with Gasteiger partial charge in [-0.1, -0.05) is 6.92 Å². The number of aliphatic hydroxyl groups excluding tert-OH is 1. The SMILES string of the molecule is CC1CCC(O)C(CN2CCS(=O)CC2)C1. The zero-order chi connectivity index (χ0) is 11.5. The number of aliphatic hydroxyl groups is 1. The summed E-state index contributed by atoms with van der Waals surface area (Å²) < 4.78 is 11.3. The van der Waals surface area contributed by atoms with E-state index in [4.69, 9.17) is 0 Å². The molecule has 0 aromatic heterocycles. The highest BCUT2D eigenvalue weighted by molar-refractivity contribution is 7.85. The minimum absolute atomic E-state index is 0.108. The molecule has 0 aromatic carbocycles. The predicted octanol–water partition coefficient (Wildman–Crippen LogP) is 0.848. The summed E-state index contributed by atoms with van der Waals surface area (Å²) in [7, 11) is -0.587. The Bertz CT molecular complexity index is 249. The molecule has 1 aliphatic heterocycles. The molecule has 3 unspecified atom stereocenters. The van der Waals surface area contributed by atoms with Gasteiger partial charge in [0.1, 0.15) is 0 Å². The zero-order valence-corrected chi connectivity index (χ0v) is 10.9. The molecular weight excluding hydrogens is 222 g/mol. The maximum atomic E-state index is 11.3. The first kappa shape index (κ1) is 12.5.